The number of carbonyl (C=O) groups excluding carboxylic acids is 1. The Morgan fingerprint density at radius 3 is 2.36 bits per heavy atom. The Morgan fingerprint density at radius 1 is 1.09 bits per heavy atom. The zero-order valence-corrected chi connectivity index (χ0v) is 13.3. The normalized spacial score (nSPS) is 11.0. The van der Waals surface area contributed by atoms with Crippen LogP contribution in [0.5, 0.6) is 0 Å². The van der Waals surface area contributed by atoms with Gasteiger partial charge in [0.1, 0.15) is 0 Å². The highest BCUT2D eigenvalue weighted by Crippen LogP contribution is 2.18. The molecule has 0 heterocycles. The number of sulfonamides is 1. The standard InChI is InChI=1S/C16H18N2O3S/c1-3-12-7-9-15(10-8-12)22(20,21)18-14-6-4-5-13(11-14)16(19)17-2/h4-11,18H,3H2,1-2H3,(H,17,19). The van der Waals surface area contributed by atoms with Gasteiger partial charge >= 0.3 is 0 Å². The topological polar surface area (TPSA) is 75.3 Å². The maximum atomic E-state index is 12.3. The lowest BCUT2D eigenvalue weighted by atomic mass is 10.2. The van der Waals surface area contributed by atoms with Crippen molar-refractivity contribution in [1.29, 1.82) is 0 Å². The molecule has 0 saturated carbocycles. The molecule has 2 aromatic rings. The van der Waals surface area contributed by atoms with Crippen LogP contribution >= 0.6 is 0 Å². The average Bonchev–Trinajstić information content (AvgIpc) is 2.54. The molecule has 0 aliphatic rings. The largest absolute Gasteiger partial charge is 0.355 e. The van der Waals surface area contributed by atoms with Crippen LogP contribution in [0.2, 0.25) is 0 Å². The van der Waals surface area contributed by atoms with Gasteiger partial charge in [0.2, 0.25) is 0 Å². The molecule has 0 spiro atoms. The Labute approximate surface area is 130 Å². The van der Waals surface area contributed by atoms with Crippen LogP contribution in [0.4, 0.5) is 5.69 Å². The number of hydrogen-bond acceptors (Lipinski definition) is 3. The highest BCUT2D eigenvalue weighted by molar-refractivity contribution is 7.92. The number of anilines is 1. The van der Waals surface area contributed by atoms with Crippen molar-refractivity contribution in [1.82, 2.24) is 5.32 Å². The second-order valence-electron chi connectivity index (χ2n) is 4.76. The first kappa shape index (κ1) is 16.0. The number of rotatable bonds is 5. The Morgan fingerprint density at radius 2 is 1.77 bits per heavy atom. The van der Waals surface area contributed by atoms with Crippen LogP contribution in [0.15, 0.2) is 53.4 Å². The third-order valence-corrected chi connectivity index (χ3v) is 4.64. The van der Waals surface area contributed by atoms with Crippen LogP contribution < -0.4 is 10.0 Å². The van der Waals surface area contributed by atoms with Crippen molar-refractivity contribution < 1.29 is 13.2 Å². The van der Waals surface area contributed by atoms with Gasteiger partial charge in [-0.25, -0.2) is 8.42 Å². The summed E-state index contributed by atoms with van der Waals surface area (Å²) in [6, 6.07) is 13.1. The third-order valence-electron chi connectivity index (χ3n) is 3.25. The summed E-state index contributed by atoms with van der Waals surface area (Å²) in [5.41, 5.74) is 1.81. The second-order valence-corrected chi connectivity index (χ2v) is 6.45. The van der Waals surface area contributed by atoms with E-state index in [1.54, 1.807) is 42.5 Å². The van der Waals surface area contributed by atoms with E-state index in [0.717, 1.165) is 12.0 Å². The van der Waals surface area contributed by atoms with E-state index in [-0.39, 0.29) is 10.8 Å². The van der Waals surface area contributed by atoms with Gasteiger partial charge in [-0.1, -0.05) is 25.1 Å². The average molecular weight is 318 g/mol. The van der Waals surface area contributed by atoms with Crippen LogP contribution in [0, 0.1) is 0 Å². The summed E-state index contributed by atoms with van der Waals surface area (Å²) in [6.45, 7) is 2.01. The molecule has 0 bridgehead atoms. The Bertz CT molecular complexity index is 768. The predicted octanol–water partition coefficient (Wildman–Crippen LogP) is 2.41. The molecular formula is C16H18N2O3S. The Kier molecular flexibility index (Phi) is 4.82. The van der Waals surface area contributed by atoms with Gasteiger partial charge in [-0.3, -0.25) is 9.52 Å². The molecule has 2 N–H and O–H groups in total. The lowest BCUT2D eigenvalue weighted by molar-refractivity contribution is 0.0963. The summed E-state index contributed by atoms with van der Waals surface area (Å²) in [6.07, 6.45) is 0.849. The maximum Gasteiger partial charge on any atom is 0.261 e. The van der Waals surface area contributed by atoms with Crippen molar-refractivity contribution in [3.63, 3.8) is 0 Å². The molecule has 0 fully saturated rings. The highest BCUT2D eigenvalue weighted by Gasteiger charge is 2.14. The summed E-state index contributed by atoms with van der Waals surface area (Å²) in [5, 5.41) is 2.50. The molecule has 1 amide bonds. The first-order valence-electron chi connectivity index (χ1n) is 6.90. The number of carbonyl (C=O) groups is 1. The van der Waals surface area contributed by atoms with Crippen LogP contribution in [0.1, 0.15) is 22.8 Å². The zero-order valence-electron chi connectivity index (χ0n) is 12.5. The van der Waals surface area contributed by atoms with E-state index in [0.29, 0.717) is 11.3 Å². The molecule has 5 nitrogen and oxygen atoms in total. The minimum atomic E-state index is -3.67. The molecule has 0 aromatic heterocycles. The molecule has 0 atom stereocenters. The third kappa shape index (κ3) is 3.65. The summed E-state index contributed by atoms with van der Waals surface area (Å²) < 4.78 is 27.2. The van der Waals surface area contributed by atoms with E-state index in [4.69, 9.17) is 0 Å². The molecule has 0 unspecified atom stereocenters. The molecule has 2 rings (SSSR count). The van der Waals surface area contributed by atoms with Crippen molar-refractivity contribution in [2.75, 3.05) is 11.8 Å². The van der Waals surface area contributed by atoms with Crippen molar-refractivity contribution in [2.45, 2.75) is 18.2 Å². The molecular weight excluding hydrogens is 300 g/mol. The molecule has 22 heavy (non-hydrogen) atoms. The second kappa shape index (κ2) is 6.62. The predicted molar refractivity (Wildman–Crippen MR) is 86.5 cm³/mol. The Balaban J connectivity index is 2.26. The van der Waals surface area contributed by atoms with Gasteiger partial charge in [-0.15, -0.1) is 0 Å². The molecule has 0 aliphatic carbocycles. The SMILES string of the molecule is CCc1ccc(S(=O)(=O)Nc2cccc(C(=O)NC)c2)cc1. The fourth-order valence-electron chi connectivity index (χ4n) is 1.99. The molecule has 2 aromatic carbocycles. The van der Waals surface area contributed by atoms with E-state index in [1.807, 2.05) is 6.92 Å². The Hall–Kier alpha value is -2.34. The molecule has 0 aliphatic heterocycles. The first-order valence-corrected chi connectivity index (χ1v) is 8.38. The van der Waals surface area contributed by atoms with Crippen molar-refractivity contribution >= 4 is 21.6 Å². The first-order chi connectivity index (χ1) is 10.5. The van der Waals surface area contributed by atoms with Crippen molar-refractivity contribution in [3.05, 3.63) is 59.7 Å². The fourth-order valence-corrected chi connectivity index (χ4v) is 3.04. The molecule has 0 saturated heterocycles. The summed E-state index contributed by atoms with van der Waals surface area (Å²) >= 11 is 0. The van der Waals surface area contributed by atoms with Crippen LogP contribution in [0.3, 0.4) is 0 Å². The van der Waals surface area contributed by atoms with E-state index in [2.05, 4.69) is 10.0 Å². The highest BCUT2D eigenvalue weighted by atomic mass is 32.2. The van der Waals surface area contributed by atoms with Gasteiger partial charge in [-0.05, 0) is 42.3 Å². The van der Waals surface area contributed by atoms with Crippen LogP contribution in [-0.2, 0) is 16.4 Å². The van der Waals surface area contributed by atoms with Gasteiger partial charge in [0.25, 0.3) is 15.9 Å². The molecule has 0 radical (unpaired) electrons. The van der Waals surface area contributed by atoms with Crippen LogP contribution in [0.25, 0.3) is 0 Å². The van der Waals surface area contributed by atoms with Crippen molar-refractivity contribution in [2.24, 2.45) is 0 Å². The van der Waals surface area contributed by atoms with E-state index < -0.39 is 10.0 Å². The number of aryl methyl sites for hydroxylation is 1. The molecule has 116 valence electrons. The van der Waals surface area contributed by atoms with E-state index >= 15 is 0 Å². The molecule has 6 heteroatoms. The lowest BCUT2D eigenvalue weighted by Gasteiger charge is -2.09. The smallest absolute Gasteiger partial charge is 0.261 e. The number of nitrogens with one attached hydrogen (secondary N) is 2. The van der Waals surface area contributed by atoms with Gasteiger partial charge in [0, 0.05) is 18.3 Å². The summed E-state index contributed by atoms with van der Waals surface area (Å²) in [7, 11) is -2.15. The van der Waals surface area contributed by atoms with Crippen molar-refractivity contribution in [3.8, 4) is 0 Å². The lowest BCUT2D eigenvalue weighted by Crippen LogP contribution is -2.18. The summed E-state index contributed by atoms with van der Waals surface area (Å²) in [5.74, 6) is -0.270. The van der Waals surface area contributed by atoms with Crippen LogP contribution in [-0.4, -0.2) is 21.4 Å². The van der Waals surface area contributed by atoms with E-state index in [9.17, 15) is 13.2 Å². The number of hydrogen-bond donors (Lipinski definition) is 2. The maximum absolute atomic E-state index is 12.3. The van der Waals surface area contributed by atoms with Gasteiger partial charge in [0.05, 0.1) is 4.90 Å². The minimum Gasteiger partial charge on any atom is -0.355 e. The fraction of sp³-hybridized carbons (Fsp3) is 0.188. The van der Waals surface area contributed by atoms with Gasteiger partial charge < -0.3 is 5.32 Å². The number of amides is 1. The zero-order chi connectivity index (χ0) is 16.2. The van der Waals surface area contributed by atoms with Gasteiger partial charge in [0.15, 0.2) is 0 Å². The van der Waals surface area contributed by atoms with Gasteiger partial charge in [-0.2, -0.15) is 0 Å². The number of benzene rings is 2. The minimum absolute atomic E-state index is 0.190. The summed E-state index contributed by atoms with van der Waals surface area (Å²) in [4.78, 5) is 11.8. The van der Waals surface area contributed by atoms with E-state index in [1.165, 1.54) is 13.1 Å². The monoisotopic (exact) mass is 318 g/mol. The quantitative estimate of drug-likeness (QED) is 0.889.